The standard InChI is InChI=1S/C43H59N2O5S.Tl/c1-25(2)33-28(46)23-43(36-45-44-35(51-36)26-13-11-10-12-14-26)22-21-41(8)27(34(33)43)15-16-30-40(7)19-18-31(50-32(47)24-38(3,4)37(48)49)39(5,6)29(40)17-20-42(30,41)9;/h11-14,25,27,29-32,47H,15-24H2,1-9H3,(H,48,49);/t27-,29+,30-,31+,32?,40+,41-,42-,43-;/m1./s1. The summed E-state index contributed by atoms with van der Waals surface area (Å²) in [6.45, 7) is 20.2. The Labute approximate surface area is 330 Å². The Kier molecular flexibility index (Phi) is 9.72. The van der Waals surface area contributed by atoms with Crippen molar-refractivity contribution in [2.45, 2.75) is 144 Å². The van der Waals surface area contributed by atoms with E-state index < -0.39 is 17.7 Å². The molecule has 5 aliphatic rings. The maximum absolute atomic E-state index is 14.2. The summed E-state index contributed by atoms with van der Waals surface area (Å²) < 4.78 is 7.77. The van der Waals surface area contributed by atoms with E-state index in [1.165, 1.54) is 8.70 Å². The van der Waals surface area contributed by atoms with Crippen molar-refractivity contribution in [3.8, 4) is 10.6 Å². The Hall–Kier alpha value is -1.50. The molecule has 52 heavy (non-hydrogen) atoms. The fourth-order valence-electron chi connectivity index (χ4n) is 13.0. The Morgan fingerprint density at radius 1 is 0.962 bits per heavy atom. The second kappa shape index (κ2) is 13.0. The number of aromatic nitrogens is 2. The molecule has 280 valence electrons. The number of aliphatic hydroxyl groups excluding tert-OH is 1. The quantitative estimate of drug-likeness (QED) is 0.202. The number of allylic oxidation sites excluding steroid dienone is 2. The number of benzene rings is 1. The minimum absolute atomic E-state index is 0.0543. The van der Waals surface area contributed by atoms with E-state index in [1.54, 1.807) is 25.2 Å². The van der Waals surface area contributed by atoms with Gasteiger partial charge in [-0.25, -0.2) is 0 Å². The first-order chi connectivity index (χ1) is 24.2. The molecule has 0 amide bonds. The van der Waals surface area contributed by atoms with Gasteiger partial charge in [-0.1, -0.05) is 27.7 Å². The van der Waals surface area contributed by atoms with Crippen LogP contribution in [0.3, 0.4) is 0 Å². The van der Waals surface area contributed by atoms with E-state index in [0.717, 1.165) is 98.3 Å². The molecule has 2 N–H and O–H groups in total. The number of aliphatic carboxylic acids is 1. The monoisotopic (exact) mass is 920 g/mol. The summed E-state index contributed by atoms with van der Waals surface area (Å²) in [5.41, 5.74) is 2.33. The number of rotatable bonds is 8. The summed E-state index contributed by atoms with van der Waals surface area (Å²) in [6.07, 6.45) is 7.79. The molecule has 0 radical (unpaired) electrons. The van der Waals surface area contributed by atoms with Gasteiger partial charge >= 0.3 is 199 Å². The molecule has 9 heteroatoms. The van der Waals surface area contributed by atoms with E-state index in [9.17, 15) is 19.8 Å². The molecule has 7 rings (SSSR count). The number of carboxylic acids is 1. The average molecular weight is 920 g/mol. The Morgan fingerprint density at radius 2 is 1.65 bits per heavy atom. The van der Waals surface area contributed by atoms with E-state index in [1.807, 2.05) is 0 Å². The van der Waals surface area contributed by atoms with Crippen molar-refractivity contribution < 1.29 is 24.5 Å². The fraction of sp³-hybridized carbons (Fsp3) is 0.721. The number of carboxylic acid groups (broad SMARTS) is 1. The van der Waals surface area contributed by atoms with Crippen molar-refractivity contribution in [1.82, 2.24) is 10.2 Å². The van der Waals surface area contributed by atoms with Crippen LogP contribution in [0.15, 0.2) is 35.4 Å². The number of nitrogens with zero attached hydrogens (tertiary/aromatic N) is 2. The summed E-state index contributed by atoms with van der Waals surface area (Å²) in [7, 11) is 0. The third kappa shape index (κ3) is 5.71. The third-order valence-electron chi connectivity index (χ3n) is 15.9. The minimum atomic E-state index is -1.11. The van der Waals surface area contributed by atoms with Crippen LogP contribution in [0.4, 0.5) is 0 Å². The summed E-state index contributed by atoms with van der Waals surface area (Å²) in [5, 5.41) is 32.3. The number of carbonyl (C=O) groups excluding carboxylic acids is 1. The van der Waals surface area contributed by atoms with Crippen LogP contribution in [0, 0.1) is 50.7 Å². The van der Waals surface area contributed by atoms with E-state index in [4.69, 9.17) is 14.9 Å². The van der Waals surface area contributed by atoms with Crippen LogP contribution in [-0.4, -0.2) is 70.3 Å². The summed E-state index contributed by atoms with van der Waals surface area (Å²) in [4.78, 5) is 26.0. The van der Waals surface area contributed by atoms with Gasteiger partial charge in [-0.05, 0) is 62.2 Å². The molecule has 1 unspecified atom stereocenters. The normalized spacial score (nSPS) is 37.6. The SMILES string of the molecule is CC(C)C1=C2[C@H]3CC[C@@H]4[C@@]5(C)CC[C@H](OC(O)CC(C)(C)C(=O)O)C(C)(C)[C@@H]5CC[C@@]4(C)[C@]3(C)CC[C@@]2(c2nnc(-c3cc[c]([Tl])cc3)s2)CC1=O. The first-order valence-corrected chi connectivity index (χ1v) is 22.8. The predicted octanol–water partition coefficient (Wildman–Crippen LogP) is 8.44. The van der Waals surface area contributed by atoms with Crippen LogP contribution in [0.5, 0.6) is 0 Å². The number of fused-ring (bicyclic) bond motifs is 7. The van der Waals surface area contributed by atoms with Gasteiger partial charge in [-0.2, -0.15) is 0 Å². The molecule has 0 saturated heterocycles. The van der Waals surface area contributed by atoms with Gasteiger partial charge in [0.05, 0.1) is 11.5 Å². The van der Waals surface area contributed by atoms with E-state index in [0.29, 0.717) is 30.0 Å². The molecule has 0 spiro atoms. The molecule has 1 heterocycles. The molecule has 7 nitrogen and oxygen atoms in total. The fourth-order valence-corrected chi connectivity index (χ4v) is 14.8. The predicted molar refractivity (Wildman–Crippen MR) is 206 cm³/mol. The zero-order chi connectivity index (χ0) is 37.8. The zero-order valence-corrected chi connectivity index (χ0v) is 38.1. The molecule has 4 fully saturated rings. The van der Waals surface area contributed by atoms with Crippen molar-refractivity contribution in [3.05, 3.63) is 40.4 Å². The van der Waals surface area contributed by atoms with Gasteiger partial charge in [0, 0.05) is 6.42 Å². The second-order valence-electron chi connectivity index (χ2n) is 19.6. The second-order valence-corrected chi connectivity index (χ2v) is 23.2. The van der Waals surface area contributed by atoms with E-state index in [2.05, 4.69) is 72.7 Å². The van der Waals surface area contributed by atoms with Crippen molar-refractivity contribution in [2.75, 3.05) is 0 Å². The summed E-state index contributed by atoms with van der Waals surface area (Å²) in [6, 6.07) is 8.75. The number of ketones is 1. The van der Waals surface area contributed by atoms with Crippen LogP contribution in [0.1, 0.15) is 132 Å². The average Bonchev–Trinajstić information content (AvgIpc) is 3.66. The molecular formula is C43H59N2O5STl. The summed E-state index contributed by atoms with van der Waals surface area (Å²) >= 11 is 2.52. The van der Waals surface area contributed by atoms with Crippen LogP contribution in [0.2, 0.25) is 0 Å². The molecule has 5 aliphatic carbocycles. The van der Waals surface area contributed by atoms with Crippen LogP contribution >= 0.6 is 11.3 Å². The number of Topliss-reactive ketones (excluding diaryl/α,β-unsaturated/α-hetero) is 1. The first kappa shape index (κ1) is 38.8. The van der Waals surface area contributed by atoms with Gasteiger partial charge in [0.25, 0.3) is 0 Å². The molecule has 0 aliphatic heterocycles. The number of aliphatic hydroxyl groups is 1. The molecule has 0 bridgehead atoms. The molecular weight excluding hydrogens is 861 g/mol. The molecule has 1 aromatic heterocycles. The molecule has 2 aromatic rings. The maximum atomic E-state index is 14.2. The Morgan fingerprint density at radius 3 is 2.31 bits per heavy atom. The van der Waals surface area contributed by atoms with E-state index >= 15 is 0 Å². The number of hydrogen-bond acceptors (Lipinski definition) is 7. The topological polar surface area (TPSA) is 110 Å². The van der Waals surface area contributed by atoms with Gasteiger partial charge < -0.3 is 14.9 Å². The number of hydrogen-bond donors (Lipinski definition) is 2. The third-order valence-corrected chi connectivity index (χ3v) is 18.6. The van der Waals surface area contributed by atoms with Crippen LogP contribution in [-0.2, 0) is 19.7 Å². The van der Waals surface area contributed by atoms with E-state index in [-0.39, 0.29) is 45.5 Å². The number of carbonyl (C=O) groups is 2. The van der Waals surface area contributed by atoms with Gasteiger partial charge in [0.2, 0.25) is 0 Å². The Bertz CT molecular complexity index is 1780. The van der Waals surface area contributed by atoms with Crippen molar-refractivity contribution in [2.24, 2.45) is 50.7 Å². The molecule has 1 aromatic carbocycles. The van der Waals surface area contributed by atoms with Gasteiger partial charge in [-0.15, -0.1) is 0 Å². The van der Waals surface area contributed by atoms with Gasteiger partial charge in [0.15, 0.2) is 6.29 Å². The van der Waals surface area contributed by atoms with Gasteiger partial charge in [-0.3, -0.25) is 4.79 Å². The van der Waals surface area contributed by atoms with Crippen molar-refractivity contribution in [1.29, 1.82) is 0 Å². The van der Waals surface area contributed by atoms with Gasteiger partial charge in [0.1, 0.15) is 0 Å². The molecule has 9 atom stereocenters. The molecule has 4 saturated carbocycles. The zero-order valence-electron chi connectivity index (χ0n) is 32.8. The number of ether oxygens (including phenoxy) is 1. The summed E-state index contributed by atoms with van der Waals surface area (Å²) in [5.74, 6) is 0.891. The first-order valence-electron chi connectivity index (χ1n) is 19.8. The Balaban J connectivity index is 1.20. The van der Waals surface area contributed by atoms with Crippen LogP contribution in [0.25, 0.3) is 10.6 Å². The van der Waals surface area contributed by atoms with Crippen molar-refractivity contribution in [3.63, 3.8) is 0 Å². The van der Waals surface area contributed by atoms with Crippen LogP contribution < -0.4 is 3.12 Å². The van der Waals surface area contributed by atoms with Crippen molar-refractivity contribution >= 4 is 52.0 Å².